The fourth-order valence-corrected chi connectivity index (χ4v) is 3.55. The molecule has 6 heteroatoms. The summed E-state index contributed by atoms with van der Waals surface area (Å²) in [6, 6.07) is 4.87. The lowest BCUT2D eigenvalue weighted by Gasteiger charge is -2.13. The molecule has 3 nitrogen and oxygen atoms in total. The third-order valence-electron chi connectivity index (χ3n) is 2.36. The lowest BCUT2D eigenvalue weighted by molar-refractivity contribution is 0.554. The van der Waals surface area contributed by atoms with Crippen molar-refractivity contribution < 1.29 is 12.8 Å². The van der Waals surface area contributed by atoms with E-state index in [1.807, 2.05) is 6.92 Å². The van der Waals surface area contributed by atoms with Crippen LogP contribution in [0.5, 0.6) is 0 Å². The van der Waals surface area contributed by atoms with Crippen molar-refractivity contribution in [1.82, 2.24) is 4.72 Å². The van der Waals surface area contributed by atoms with Gasteiger partial charge in [-0.25, -0.2) is 17.5 Å². The Bertz CT molecular complexity index is 477. The first-order chi connectivity index (χ1) is 8.45. The van der Waals surface area contributed by atoms with Crippen LogP contribution in [0.3, 0.4) is 0 Å². The van der Waals surface area contributed by atoms with Gasteiger partial charge in [-0.2, -0.15) is 11.8 Å². The van der Waals surface area contributed by atoms with Gasteiger partial charge in [-0.1, -0.05) is 13.0 Å². The average Bonchev–Trinajstić information content (AvgIpc) is 2.28. The van der Waals surface area contributed by atoms with E-state index in [9.17, 15) is 12.8 Å². The summed E-state index contributed by atoms with van der Waals surface area (Å²) in [7, 11) is -3.62. The van der Waals surface area contributed by atoms with E-state index in [4.69, 9.17) is 0 Å². The molecule has 0 aliphatic heterocycles. The van der Waals surface area contributed by atoms with Crippen molar-refractivity contribution in [3.63, 3.8) is 0 Å². The highest BCUT2D eigenvalue weighted by Crippen LogP contribution is 2.12. The molecule has 1 atom stereocenters. The molecule has 0 amide bonds. The predicted octanol–water partition coefficient (Wildman–Crippen LogP) is 2.64. The molecule has 0 fully saturated rings. The summed E-state index contributed by atoms with van der Waals surface area (Å²) in [4.78, 5) is -0.0301. The minimum Gasteiger partial charge on any atom is -0.208 e. The maximum atomic E-state index is 13.0. The molecule has 102 valence electrons. The van der Waals surface area contributed by atoms with Crippen LogP contribution in [0.2, 0.25) is 0 Å². The van der Waals surface area contributed by atoms with E-state index in [0.717, 1.165) is 24.0 Å². The van der Waals surface area contributed by atoms with Crippen molar-refractivity contribution in [3.05, 3.63) is 30.1 Å². The Balaban J connectivity index is 2.64. The average molecular weight is 291 g/mol. The zero-order chi connectivity index (χ0) is 13.6. The molecule has 18 heavy (non-hydrogen) atoms. The summed E-state index contributed by atoms with van der Waals surface area (Å²) >= 11 is 1.77. The number of sulfonamides is 1. The molecule has 0 radical (unpaired) electrons. The van der Waals surface area contributed by atoms with Crippen molar-refractivity contribution in [1.29, 1.82) is 0 Å². The minimum atomic E-state index is -3.62. The Hall–Kier alpha value is -0.590. The molecule has 0 saturated carbocycles. The van der Waals surface area contributed by atoms with Crippen LogP contribution < -0.4 is 4.72 Å². The van der Waals surface area contributed by atoms with E-state index in [-0.39, 0.29) is 10.9 Å². The number of hydrogen-bond donors (Lipinski definition) is 1. The van der Waals surface area contributed by atoms with Gasteiger partial charge in [-0.15, -0.1) is 0 Å². The molecular formula is C12H18FNO2S2. The van der Waals surface area contributed by atoms with Crippen molar-refractivity contribution in [2.45, 2.75) is 31.2 Å². The molecule has 1 rings (SSSR count). The summed E-state index contributed by atoms with van der Waals surface area (Å²) in [5.74, 6) is 1.37. The second kappa shape index (κ2) is 7.11. The van der Waals surface area contributed by atoms with Crippen LogP contribution in [-0.2, 0) is 10.0 Å². The quantitative estimate of drug-likeness (QED) is 0.786. The number of halogens is 1. The summed E-state index contributed by atoms with van der Waals surface area (Å²) in [5.41, 5.74) is 0. The summed E-state index contributed by atoms with van der Waals surface area (Å²) in [6.45, 7) is 3.87. The van der Waals surface area contributed by atoms with Gasteiger partial charge in [0.15, 0.2) is 0 Å². The molecule has 0 aliphatic carbocycles. The SMILES string of the molecule is CCSCCC(C)NS(=O)(=O)c1cccc(F)c1. The summed E-state index contributed by atoms with van der Waals surface area (Å²) in [5, 5.41) is 0. The Morgan fingerprint density at radius 3 is 2.78 bits per heavy atom. The van der Waals surface area contributed by atoms with Crippen LogP contribution in [0.15, 0.2) is 29.2 Å². The molecule has 0 bridgehead atoms. The Morgan fingerprint density at radius 2 is 2.17 bits per heavy atom. The van der Waals surface area contributed by atoms with Crippen LogP contribution in [0.25, 0.3) is 0 Å². The van der Waals surface area contributed by atoms with Gasteiger partial charge in [0.2, 0.25) is 10.0 Å². The first-order valence-electron chi connectivity index (χ1n) is 5.81. The molecule has 0 aromatic heterocycles. The lowest BCUT2D eigenvalue weighted by atomic mass is 10.3. The highest BCUT2D eigenvalue weighted by molar-refractivity contribution is 7.99. The number of thioether (sulfide) groups is 1. The molecule has 1 aromatic rings. The number of benzene rings is 1. The van der Waals surface area contributed by atoms with E-state index in [1.165, 1.54) is 18.2 Å². The smallest absolute Gasteiger partial charge is 0.208 e. The molecule has 1 unspecified atom stereocenters. The molecule has 1 aromatic carbocycles. The van der Waals surface area contributed by atoms with Crippen LogP contribution in [0.1, 0.15) is 20.3 Å². The van der Waals surface area contributed by atoms with Gasteiger partial charge in [0.05, 0.1) is 4.90 Å². The zero-order valence-electron chi connectivity index (χ0n) is 10.5. The number of hydrogen-bond acceptors (Lipinski definition) is 3. The molecule has 1 N–H and O–H groups in total. The first-order valence-corrected chi connectivity index (χ1v) is 8.45. The Morgan fingerprint density at radius 1 is 1.44 bits per heavy atom. The normalized spacial score (nSPS) is 13.5. The van der Waals surface area contributed by atoms with Crippen molar-refractivity contribution in [3.8, 4) is 0 Å². The third kappa shape index (κ3) is 4.96. The number of nitrogens with one attached hydrogen (secondary N) is 1. The molecule has 0 heterocycles. The summed E-state index contributed by atoms with van der Waals surface area (Å²) < 4.78 is 39.4. The highest BCUT2D eigenvalue weighted by Gasteiger charge is 2.17. The topological polar surface area (TPSA) is 46.2 Å². The second-order valence-corrected chi connectivity index (χ2v) is 7.07. The van der Waals surface area contributed by atoms with Crippen molar-refractivity contribution >= 4 is 21.8 Å². The van der Waals surface area contributed by atoms with Crippen LogP contribution in [0, 0.1) is 5.82 Å². The predicted molar refractivity (Wildman–Crippen MR) is 73.8 cm³/mol. The van der Waals surface area contributed by atoms with Crippen LogP contribution in [0.4, 0.5) is 4.39 Å². The maximum Gasteiger partial charge on any atom is 0.240 e. The van der Waals surface area contributed by atoms with E-state index in [1.54, 1.807) is 11.8 Å². The van der Waals surface area contributed by atoms with Crippen molar-refractivity contribution in [2.24, 2.45) is 0 Å². The molecular weight excluding hydrogens is 273 g/mol. The van der Waals surface area contributed by atoms with Crippen LogP contribution in [-0.4, -0.2) is 26.0 Å². The second-order valence-electron chi connectivity index (χ2n) is 3.97. The maximum absolute atomic E-state index is 13.0. The van der Waals surface area contributed by atoms with Gasteiger partial charge in [0.25, 0.3) is 0 Å². The fourth-order valence-electron chi connectivity index (χ4n) is 1.43. The van der Waals surface area contributed by atoms with Crippen LogP contribution >= 0.6 is 11.8 Å². The highest BCUT2D eigenvalue weighted by atomic mass is 32.2. The molecule has 0 spiro atoms. The zero-order valence-corrected chi connectivity index (χ0v) is 12.2. The monoisotopic (exact) mass is 291 g/mol. The van der Waals surface area contributed by atoms with E-state index in [2.05, 4.69) is 11.6 Å². The van der Waals surface area contributed by atoms with Crippen molar-refractivity contribution in [2.75, 3.05) is 11.5 Å². The van der Waals surface area contributed by atoms with Gasteiger partial charge in [0, 0.05) is 6.04 Å². The van der Waals surface area contributed by atoms with Gasteiger partial charge in [0.1, 0.15) is 5.82 Å². The summed E-state index contributed by atoms with van der Waals surface area (Å²) in [6.07, 6.45) is 0.757. The van der Waals surface area contributed by atoms with Gasteiger partial charge < -0.3 is 0 Å². The molecule has 0 saturated heterocycles. The largest absolute Gasteiger partial charge is 0.240 e. The lowest BCUT2D eigenvalue weighted by Crippen LogP contribution is -2.33. The van der Waals surface area contributed by atoms with E-state index >= 15 is 0 Å². The fraction of sp³-hybridized carbons (Fsp3) is 0.500. The third-order valence-corrected chi connectivity index (χ3v) is 4.88. The molecule has 0 aliphatic rings. The first kappa shape index (κ1) is 15.5. The van der Waals surface area contributed by atoms with Gasteiger partial charge in [-0.3, -0.25) is 0 Å². The minimum absolute atomic E-state index is 0.0301. The van der Waals surface area contributed by atoms with Gasteiger partial charge in [-0.05, 0) is 43.0 Å². The Labute approximate surface area is 112 Å². The van der Waals surface area contributed by atoms with E-state index in [0.29, 0.717) is 0 Å². The number of rotatable bonds is 7. The van der Waals surface area contributed by atoms with E-state index < -0.39 is 15.8 Å². The van der Waals surface area contributed by atoms with Gasteiger partial charge >= 0.3 is 0 Å². The Kier molecular flexibility index (Phi) is 6.11. The standard InChI is InChI=1S/C12H18FNO2S2/c1-3-17-8-7-10(2)14-18(15,16)12-6-4-5-11(13)9-12/h4-6,9-10,14H,3,7-8H2,1-2H3.